The lowest BCUT2D eigenvalue weighted by molar-refractivity contribution is -0.146. The second-order valence-electron chi connectivity index (χ2n) is 4.24. The van der Waals surface area contributed by atoms with E-state index in [9.17, 15) is 9.59 Å². The van der Waals surface area contributed by atoms with E-state index in [2.05, 4.69) is 10.6 Å². The summed E-state index contributed by atoms with van der Waals surface area (Å²) in [6.07, 6.45) is -1.48. The number of carboxylic acid groups (broad SMARTS) is 1. The van der Waals surface area contributed by atoms with Gasteiger partial charge in [0.15, 0.2) is 6.10 Å². The first-order valence-corrected chi connectivity index (χ1v) is 6.08. The summed E-state index contributed by atoms with van der Waals surface area (Å²) in [5, 5.41) is 22.4. The van der Waals surface area contributed by atoms with Crippen LogP contribution in [0.3, 0.4) is 0 Å². The number of nitrogens with one attached hydrogen (secondary N) is 2. The third-order valence-electron chi connectivity index (χ3n) is 2.20. The molecule has 8 nitrogen and oxygen atoms in total. The molecule has 0 radical (unpaired) electrons. The van der Waals surface area contributed by atoms with E-state index in [0.29, 0.717) is 19.8 Å². The molecule has 1 atom stereocenters. The van der Waals surface area contributed by atoms with Crippen LogP contribution in [0.4, 0.5) is 4.79 Å². The van der Waals surface area contributed by atoms with E-state index in [1.54, 1.807) is 0 Å². The average molecular weight is 277 g/mol. The summed E-state index contributed by atoms with van der Waals surface area (Å²) >= 11 is 0. The number of carboxylic acids is 1. The van der Waals surface area contributed by atoms with Gasteiger partial charge in [0.25, 0.3) is 0 Å². The minimum Gasteiger partial charge on any atom is -0.479 e. The largest absolute Gasteiger partial charge is 0.479 e. The monoisotopic (exact) mass is 277 g/mol. The predicted molar refractivity (Wildman–Crippen MR) is 69.0 cm³/mol. The molecule has 0 spiro atoms. The summed E-state index contributed by atoms with van der Waals surface area (Å²) in [5.74, 6) is -1.29. The van der Waals surface area contributed by atoms with Crippen LogP contribution in [0.2, 0.25) is 0 Å². The molecule has 0 fully saturated rings. The molecule has 0 heterocycles. The molecule has 0 aliphatic heterocycles. The molecule has 0 unspecified atom stereocenters. The lowest BCUT2D eigenvalue weighted by Gasteiger charge is -2.11. The van der Waals surface area contributed by atoms with E-state index in [1.807, 2.05) is 19.0 Å². The van der Waals surface area contributed by atoms with Gasteiger partial charge >= 0.3 is 12.0 Å². The lowest BCUT2D eigenvalue weighted by Crippen LogP contribution is -2.39. The van der Waals surface area contributed by atoms with Gasteiger partial charge in [0.1, 0.15) is 0 Å². The first-order valence-electron chi connectivity index (χ1n) is 6.08. The number of likely N-dealkylation sites (N-methyl/N-ethyl adjacent to an activating group) is 1. The molecule has 19 heavy (non-hydrogen) atoms. The molecule has 8 heteroatoms. The molecular weight excluding hydrogens is 254 g/mol. The molecule has 2 amide bonds. The SMILES string of the molecule is CN(C)CCOCCNC(=O)NCC[C@H](O)C(=O)O. The van der Waals surface area contributed by atoms with Crippen molar-refractivity contribution < 1.29 is 24.5 Å². The van der Waals surface area contributed by atoms with E-state index in [1.165, 1.54) is 0 Å². The second kappa shape index (κ2) is 10.5. The Morgan fingerprint density at radius 3 is 2.42 bits per heavy atom. The number of hydrogen-bond donors (Lipinski definition) is 4. The summed E-state index contributed by atoms with van der Waals surface area (Å²) in [7, 11) is 3.89. The van der Waals surface area contributed by atoms with Crippen molar-refractivity contribution >= 4 is 12.0 Å². The molecule has 112 valence electrons. The standard InChI is InChI=1S/C11H23N3O5/c1-14(2)6-8-19-7-5-13-11(18)12-4-3-9(15)10(16)17/h9,15H,3-8H2,1-2H3,(H,16,17)(H2,12,13,18)/t9-/m0/s1. The Balaban J connectivity index is 3.38. The molecule has 0 aromatic rings. The summed E-state index contributed by atoms with van der Waals surface area (Å²) in [6, 6.07) is -0.409. The number of nitrogens with zero attached hydrogens (tertiary/aromatic N) is 1. The number of hydrogen-bond acceptors (Lipinski definition) is 5. The van der Waals surface area contributed by atoms with E-state index in [4.69, 9.17) is 14.9 Å². The number of carbonyl (C=O) groups excluding carboxylic acids is 1. The Morgan fingerprint density at radius 2 is 1.84 bits per heavy atom. The average Bonchev–Trinajstić information content (AvgIpc) is 2.32. The van der Waals surface area contributed by atoms with E-state index in [-0.39, 0.29) is 13.0 Å². The Morgan fingerprint density at radius 1 is 1.21 bits per heavy atom. The molecule has 0 aromatic heterocycles. The topological polar surface area (TPSA) is 111 Å². The van der Waals surface area contributed by atoms with Crippen molar-refractivity contribution in [3.8, 4) is 0 Å². The van der Waals surface area contributed by atoms with Crippen LogP contribution >= 0.6 is 0 Å². The van der Waals surface area contributed by atoms with Gasteiger partial charge in [-0.1, -0.05) is 0 Å². The fourth-order valence-corrected chi connectivity index (χ4v) is 1.09. The molecule has 0 rings (SSSR count). The maximum absolute atomic E-state index is 11.2. The quantitative estimate of drug-likeness (QED) is 0.369. The van der Waals surface area contributed by atoms with Gasteiger partial charge in [0, 0.05) is 26.1 Å². The highest BCUT2D eigenvalue weighted by atomic mass is 16.5. The van der Waals surface area contributed by atoms with Crippen molar-refractivity contribution in [3.05, 3.63) is 0 Å². The lowest BCUT2D eigenvalue weighted by atomic mass is 10.2. The van der Waals surface area contributed by atoms with Crippen molar-refractivity contribution in [2.24, 2.45) is 0 Å². The van der Waals surface area contributed by atoms with Crippen molar-refractivity contribution in [2.75, 3.05) is 46.9 Å². The number of ether oxygens (including phenoxy) is 1. The number of aliphatic hydroxyl groups excluding tert-OH is 1. The van der Waals surface area contributed by atoms with E-state index < -0.39 is 18.1 Å². The van der Waals surface area contributed by atoms with Crippen LogP contribution in [-0.2, 0) is 9.53 Å². The molecule has 0 bridgehead atoms. The van der Waals surface area contributed by atoms with Crippen molar-refractivity contribution in [3.63, 3.8) is 0 Å². The maximum atomic E-state index is 11.2. The summed E-state index contributed by atoms with van der Waals surface area (Å²) in [6.45, 7) is 2.31. The molecule has 0 saturated carbocycles. The van der Waals surface area contributed by atoms with Crippen LogP contribution in [0.25, 0.3) is 0 Å². The summed E-state index contributed by atoms with van der Waals surface area (Å²) in [4.78, 5) is 23.5. The highest BCUT2D eigenvalue weighted by Gasteiger charge is 2.12. The molecule has 0 saturated heterocycles. The number of carbonyl (C=O) groups is 2. The number of rotatable bonds is 10. The van der Waals surface area contributed by atoms with Crippen LogP contribution in [0.5, 0.6) is 0 Å². The van der Waals surface area contributed by atoms with Crippen molar-refractivity contribution in [2.45, 2.75) is 12.5 Å². The van der Waals surface area contributed by atoms with Gasteiger partial charge in [-0.2, -0.15) is 0 Å². The van der Waals surface area contributed by atoms with Gasteiger partial charge in [-0.05, 0) is 14.1 Å². The van der Waals surface area contributed by atoms with Crippen LogP contribution in [0, 0.1) is 0 Å². The van der Waals surface area contributed by atoms with Gasteiger partial charge in [-0.15, -0.1) is 0 Å². The third kappa shape index (κ3) is 11.4. The van der Waals surface area contributed by atoms with Gasteiger partial charge in [-0.3, -0.25) is 0 Å². The van der Waals surface area contributed by atoms with Gasteiger partial charge in [0.05, 0.1) is 13.2 Å². The second-order valence-corrected chi connectivity index (χ2v) is 4.24. The smallest absolute Gasteiger partial charge is 0.332 e. The first-order chi connectivity index (χ1) is 8.93. The molecule has 0 aromatic carbocycles. The Labute approximate surface area is 112 Å². The number of urea groups is 1. The maximum Gasteiger partial charge on any atom is 0.332 e. The molecule has 0 aliphatic carbocycles. The minimum absolute atomic E-state index is 0.0257. The van der Waals surface area contributed by atoms with Gasteiger partial charge in [0.2, 0.25) is 0 Å². The zero-order valence-corrected chi connectivity index (χ0v) is 11.4. The van der Waals surface area contributed by atoms with Crippen LogP contribution in [0.1, 0.15) is 6.42 Å². The Kier molecular flexibility index (Phi) is 9.77. The first kappa shape index (κ1) is 17.6. The van der Waals surface area contributed by atoms with Crippen LogP contribution in [-0.4, -0.2) is 80.2 Å². The Bertz CT molecular complexity index is 273. The van der Waals surface area contributed by atoms with Crippen molar-refractivity contribution in [1.29, 1.82) is 0 Å². The minimum atomic E-state index is -1.45. The summed E-state index contributed by atoms with van der Waals surface area (Å²) in [5.41, 5.74) is 0. The van der Waals surface area contributed by atoms with E-state index in [0.717, 1.165) is 6.54 Å². The van der Waals surface area contributed by atoms with E-state index >= 15 is 0 Å². The zero-order chi connectivity index (χ0) is 14.7. The fraction of sp³-hybridized carbons (Fsp3) is 0.818. The number of aliphatic carboxylic acids is 1. The van der Waals surface area contributed by atoms with Gasteiger partial charge in [-0.25, -0.2) is 9.59 Å². The number of amides is 2. The molecule has 0 aliphatic rings. The van der Waals surface area contributed by atoms with Gasteiger partial charge < -0.3 is 30.5 Å². The van der Waals surface area contributed by atoms with Crippen LogP contribution < -0.4 is 10.6 Å². The highest BCUT2D eigenvalue weighted by molar-refractivity contribution is 5.74. The predicted octanol–water partition coefficient (Wildman–Crippen LogP) is -1.30. The number of aliphatic hydroxyl groups is 1. The third-order valence-corrected chi connectivity index (χ3v) is 2.20. The van der Waals surface area contributed by atoms with Crippen LogP contribution in [0.15, 0.2) is 0 Å². The molecule has 4 N–H and O–H groups in total. The Hall–Kier alpha value is -1.38. The highest BCUT2D eigenvalue weighted by Crippen LogP contribution is 1.88. The fourth-order valence-electron chi connectivity index (χ4n) is 1.09. The molecular formula is C11H23N3O5. The normalized spacial score (nSPS) is 12.2. The zero-order valence-electron chi connectivity index (χ0n) is 11.4. The van der Waals surface area contributed by atoms with Crippen molar-refractivity contribution in [1.82, 2.24) is 15.5 Å². The summed E-state index contributed by atoms with van der Waals surface area (Å²) < 4.78 is 5.27.